The molecule has 0 spiro atoms. The molecule has 4 unspecified atom stereocenters. The Labute approximate surface area is 138 Å². The average Bonchev–Trinajstić information content (AvgIpc) is 2.94. The van der Waals surface area contributed by atoms with Gasteiger partial charge in [-0.25, -0.2) is 0 Å². The lowest BCUT2D eigenvalue weighted by Gasteiger charge is -2.29. The van der Waals surface area contributed by atoms with Gasteiger partial charge < -0.3 is 15.5 Å². The van der Waals surface area contributed by atoms with Crippen LogP contribution in [0.4, 0.5) is 0 Å². The molecule has 0 saturated carbocycles. The lowest BCUT2D eigenvalue weighted by atomic mass is 10.0. The lowest BCUT2D eigenvalue weighted by molar-refractivity contribution is -0.127. The van der Waals surface area contributed by atoms with E-state index in [9.17, 15) is 15.0 Å². The van der Waals surface area contributed by atoms with Crippen molar-refractivity contribution in [2.24, 2.45) is 0 Å². The molecule has 1 aromatic rings. The first kappa shape index (κ1) is 17.9. The van der Waals surface area contributed by atoms with Crippen LogP contribution in [-0.4, -0.2) is 52.4 Å². The van der Waals surface area contributed by atoms with Crippen molar-refractivity contribution in [1.29, 1.82) is 0 Å². The minimum Gasteiger partial charge on any atom is -0.395 e. The number of carbonyl (C=O) groups is 1. The fourth-order valence-corrected chi connectivity index (χ4v) is 3.18. The van der Waals surface area contributed by atoms with Crippen molar-refractivity contribution in [1.82, 2.24) is 10.2 Å². The highest BCUT2D eigenvalue weighted by molar-refractivity contribution is 5.81. The molecule has 1 aromatic carbocycles. The van der Waals surface area contributed by atoms with E-state index in [1.807, 2.05) is 30.9 Å². The third-order valence-corrected chi connectivity index (χ3v) is 4.77. The Morgan fingerprint density at radius 2 is 2.00 bits per heavy atom. The van der Waals surface area contributed by atoms with Crippen LogP contribution in [-0.2, 0) is 11.2 Å². The van der Waals surface area contributed by atoms with E-state index >= 15 is 0 Å². The molecule has 23 heavy (non-hydrogen) atoms. The molecule has 4 atom stereocenters. The van der Waals surface area contributed by atoms with Gasteiger partial charge in [0.1, 0.15) is 0 Å². The number of hydrogen-bond acceptors (Lipinski definition) is 4. The van der Waals surface area contributed by atoms with Gasteiger partial charge in [-0.1, -0.05) is 31.2 Å². The van der Waals surface area contributed by atoms with Crippen LogP contribution in [0.15, 0.2) is 24.3 Å². The molecule has 1 heterocycles. The summed E-state index contributed by atoms with van der Waals surface area (Å²) >= 11 is 0. The predicted octanol–water partition coefficient (Wildman–Crippen LogP) is 1.24. The molecule has 0 aromatic heterocycles. The number of aliphatic hydroxyl groups is 2. The zero-order valence-electron chi connectivity index (χ0n) is 14.2. The zero-order chi connectivity index (χ0) is 17.0. The molecular formula is C18H28N2O3. The largest absolute Gasteiger partial charge is 0.395 e. The fourth-order valence-electron chi connectivity index (χ4n) is 3.18. The molecule has 0 bridgehead atoms. The zero-order valence-corrected chi connectivity index (χ0v) is 14.2. The maximum absolute atomic E-state index is 12.5. The summed E-state index contributed by atoms with van der Waals surface area (Å²) < 4.78 is 0. The number of aryl methyl sites for hydroxylation is 1. The Morgan fingerprint density at radius 1 is 1.35 bits per heavy atom. The van der Waals surface area contributed by atoms with Crippen molar-refractivity contribution in [2.75, 3.05) is 13.2 Å². The highest BCUT2D eigenvalue weighted by Crippen LogP contribution is 2.21. The van der Waals surface area contributed by atoms with Crippen LogP contribution in [0.5, 0.6) is 0 Å². The number of carbonyl (C=O) groups excluding carboxylic acids is 1. The second-order valence-corrected chi connectivity index (χ2v) is 6.42. The molecule has 1 saturated heterocycles. The van der Waals surface area contributed by atoms with Gasteiger partial charge in [0.15, 0.2) is 0 Å². The third-order valence-electron chi connectivity index (χ3n) is 4.77. The van der Waals surface area contributed by atoms with Crippen LogP contribution in [0.25, 0.3) is 0 Å². The number of amides is 1. The second kappa shape index (κ2) is 7.90. The molecule has 1 aliphatic heterocycles. The van der Waals surface area contributed by atoms with E-state index in [1.165, 1.54) is 5.56 Å². The first-order chi connectivity index (χ1) is 11.0. The third kappa shape index (κ3) is 4.31. The minimum absolute atomic E-state index is 0.0390. The van der Waals surface area contributed by atoms with E-state index in [-0.39, 0.29) is 30.6 Å². The number of β-amino-alcohol motifs (C(OH)–C–C–N with tert-alkyl or cyclic N) is 1. The van der Waals surface area contributed by atoms with Gasteiger partial charge in [0.25, 0.3) is 0 Å². The Kier molecular flexibility index (Phi) is 6.16. The van der Waals surface area contributed by atoms with Crippen molar-refractivity contribution in [3.05, 3.63) is 35.4 Å². The van der Waals surface area contributed by atoms with Crippen molar-refractivity contribution < 1.29 is 15.0 Å². The van der Waals surface area contributed by atoms with Crippen LogP contribution in [0, 0.1) is 0 Å². The topological polar surface area (TPSA) is 72.8 Å². The van der Waals surface area contributed by atoms with Crippen LogP contribution in [0.1, 0.15) is 44.4 Å². The first-order valence-electron chi connectivity index (χ1n) is 8.40. The van der Waals surface area contributed by atoms with Gasteiger partial charge >= 0.3 is 0 Å². The van der Waals surface area contributed by atoms with E-state index < -0.39 is 6.10 Å². The summed E-state index contributed by atoms with van der Waals surface area (Å²) in [4.78, 5) is 14.4. The average molecular weight is 320 g/mol. The number of nitrogens with zero attached hydrogens (tertiary/aromatic N) is 1. The Hall–Kier alpha value is -1.43. The molecule has 0 radical (unpaired) electrons. The number of aliphatic hydroxyl groups excluding tert-OH is 2. The van der Waals surface area contributed by atoms with Crippen molar-refractivity contribution in [2.45, 2.75) is 57.8 Å². The van der Waals surface area contributed by atoms with Gasteiger partial charge in [0.2, 0.25) is 5.91 Å². The van der Waals surface area contributed by atoms with Gasteiger partial charge in [-0.3, -0.25) is 9.69 Å². The molecule has 5 heteroatoms. The highest BCUT2D eigenvalue weighted by Gasteiger charge is 2.36. The Morgan fingerprint density at radius 3 is 2.57 bits per heavy atom. The van der Waals surface area contributed by atoms with Crippen LogP contribution >= 0.6 is 0 Å². The summed E-state index contributed by atoms with van der Waals surface area (Å²) in [7, 11) is 0. The van der Waals surface area contributed by atoms with E-state index in [0.717, 1.165) is 12.0 Å². The minimum atomic E-state index is -0.471. The number of rotatable bonds is 6. The number of nitrogens with one attached hydrogen (secondary N) is 1. The second-order valence-electron chi connectivity index (χ2n) is 6.42. The quantitative estimate of drug-likeness (QED) is 0.737. The van der Waals surface area contributed by atoms with Gasteiger partial charge in [-0.05, 0) is 37.8 Å². The monoisotopic (exact) mass is 320 g/mol. The summed E-state index contributed by atoms with van der Waals surface area (Å²) in [5.74, 6) is -0.0791. The summed E-state index contributed by atoms with van der Waals surface area (Å²) in [5.41, 5.74) is 2.35. The first-order valence-corrected chi connectivity index (χ1v) is 8.40. The molecule has 2 rings (SSSR count). The van der Waals surface area contributed by atoms with Crippen LogP contribution in [0.3, 0.4) is 0 Å². The van der Waals surface area contributed by atoms with Crippen LogP contribution in [0.2, 0.25) is 0 Å². The molecule has 0 aliphatic carbocycles. The maximum Gasteiger partial charge on any atom is 0.237 e. The van der Waals surface area contributed by atoms with Crippen molar-refractivity contribution >= 4 is 5.91 Å². The predicted molar refractivity (Wildman–Crippen MR) is 90.0 cm³/mol. The standard InChI is InChI=1S/C18H28N2O3/c1-4-14-5-7-15(8-6-14)12(2)19-18(23)13(3)20-10-17(22)9-16(20)11-21/h5-8,12-13,16-17,21-22H,4,9-11H2,1-3H3,(H,19,23). The maximum atomic E-state index is 12.5. The SMILES string of the molecule is CCc1ccc(C(C)NC(=O)C(C)N2CC(O)CC2CO)cc1. The van der Waals surface area contributed by atoms with Crippen LogP contribution < -0.4 is 5.32 Å². The summed E-state index contributed by atoms with van der Waals surface area (Å²) in [6.07, 6.45) is 1.04. The molecule has 3 N–H and O–H groups in total. The van der Waals surface area contributed by atoms with Gasteiger partial charge in [0.05, 0.1) is 24.8 Å². The summed E-state index contributed by atoms with van der Waals surface area (Å²) in [6.45, 7) is 6.29. The molecule has 5 nitrogen and oxygen atoms in total. The number of benzene rings is 1. The van der Waals surface area contributed by atoms with Gasteiger partial charge in [0, 0.05) is 12.6 Å². The molecule has 1 aliphatic rings. The molecule has 1 fully saturated rings. The number of hydrogen-bond donors (Lipinski definition) is 3. The number of likely N-dealkylation sites (tertiary alicyclic amines) is 1. The van der Waals surface area contributed by atoms with E-state index in [0.29, 0.717) is 13.0 Å². The highest BCUT2D eigenvalue weighted by atomic mass is 16.3. The summed E-state index contributed by atoms with van der Waals surface area (Å²) in [6, 6.07) is 7.66. The van der Waals surface area contributed by atoms with Crippen molar-refractivity contribution in [3.63, 3.8) is 0 Å². The smallest absolute Gasteiger partial charge is 0.237 e. The fraction of sp³-hybridized carbons (Fsp3) is 0.611. The molecule has 1 amide bonds. The van der Waals surface area contributed by atoms with Gasteiger partial charge in [-0.15, -0.1) is 0 Å². The van der Waals surface area contributed by atoms with E-state index in [1.54, 1.807) is 0 Å². The molecule has 128 valence electrons. The Balaban J connectivity index is 1.96. The van der Waals surface area contributed by atoms with E-state index in [2.05, 4.69) is 24.4 Å². The Bertz CT molecular complexity index is 518. The summed E-state index contributed by atoms with van der Waals surface area (Å²) in [5, 5.41) is 22.2. The molecular weight excluding hydrogens is 292 g/mol. The van der Waals surface area contributed by atoms with E-state index in [4.69, 9.17) is 0 Å². The van der Waals surface area contributed by atoms with Gasteiger partial charge in [-0.2, -0.15) is 0 Å². The van der Waals surface area contributed by atoms with Crippen molar-refractivity contribution in [3.8, 4) is 0 Å². The lowest BCUT2D eigenvalue weighted by Crippen LogP contribution is -2.48. The normalized spacial score (nSPS) is 24.4.